The van der Waals surface area contributed by atoms with E-state index in [9.17, 15) is 9.59 Å². The summed E-state index contributed by atoms with van der Waals surface area (Å²) in [5.74, 6) is 0.654. The van der Waals surface area contributed by atoms with Gasteiger partial charge < -0.3 is 4.57 Å². The summed E-state index contributed by atoms with van der Waals surface area (Å²) in [5, 5.41) is 0. The van der Waals surface area contributed by atoms with Crippen molar-refractivity contribution in [2.75, 3.05) is 0 Å². The zero-order chi connectivity index (χ0) is 22.4. The van der Waals surface area contributed by atoms with Gasteiger partial charge in [0.05, 0.1) is 6.04 Å². The van der Waals surface area contributed by atoms with Crippen LogP contribution in [-0.2, 0) is 20.0 Å². The van der Waals surface area contributed by atoms with Crippen LogP contribution in [0.5, 0.6) is 0 Å². The molecule has 2 aromatic carbocycles. The quantitative estimate of drug-likeness (QED) is 0.432. The van der Waals surface area contributed by atoms with E-state index in [0.717, 1.165) is 16.8 Å². The van der Waals surface area contributed by atoms with Gasteiger partial charge in [-0.25, -0.2) is 4.79 Å². The van der Waals surface area contributed by atoms with Gasteiger partial charge in [-0.15, -0.1) is 0 Å². The molecule has 0 aliphatic heterocycles. The molecule has 0 fully saturated rings. The van der Waals surface area contributed by atoms with E-state index >= 15 is 0 Å². The van der Waals surface area contributed by atoms with Crippen molar-refractivity contribution >= 4 is 16.9 Å². The summed E-state index contributed by atoms with van der Waals surface area (Å²) in [6.45, 7) is 4.44. The number of fused-ring (bicyclic) bond motifs is 3. The summed E-state index contributed by atoms with van der Waals surface area (Å²) in [4.78, 5) is 31.2. The minimum Gasteiger partial charge on any atom is -0.307 e. The van der Waals surface area contributed by atoms with Crippen LogP contribution in [0.1, 0.15) is 29.8 Å². The van der Waals surface area contributed by atoms with Crippen LogP contribution in [0.3, 0.4) is 0 Å². The SMILES string of the molecule is Cc1cn2c3c(=O)n(CCc4ccccc4)c(=O)n(C)c3nc2n1C(C)c1ccccc1. The minimum atomic E-state index is -0.349. The predicted molar refractivity (Wildman–Crippen MR) is 125 cm³/mol. The Balaban J connectivity index is 1.68. The van der Waals surface area contributed by atoms with Crippen molar-refractivity contribution in [1.29, 1.82) is 0 Å². The molecule has 0 bridgehead atoms. The Labute approximate surface area is 184 Å². The van der Waals surface area contributed by atoms with E-state index in [-0.39, 0.29) is 17.3 Å². The fourth-order valence-electron chi connectivity index (χ4n) is 4.47. The van der Waals surface area contributed by atoms with E-state index in [4.69, 9.17) is 4.98 Å². The smallest absolute Gasteiger partial charge is 0.307 e. The first-order chi connectivity index (χ1) is 15.5. The Morgan fingerprint density at radius 3 is 2.31 bits per heavy atom. The molecule has 3 aromatic heterocycles. The van der Waals surface area contributed by atoms with E-state index in [1.165, 1.54) is 9.13 Å². The van der Waals surface area contributed by atoms with Crippen LogP contribution < -0.4 is 11.2 Å². The molecule has 0 radical (unpaired) electrons. The second kappa shape index (κ2) is 7.67. The maximum absolute atomic E-state index is 13.4. The van der Waals surface area contributed by atoms with Crippen molar-refractivity contribution in [3.8, 4) is 0 Å². The summed E-state index contributed by atoms with van der Waals surface area (Å²) in [5.41, 5.74) is 3.40. The van der Waals surface area contributed by atoms with Gasteiger partial charge in [-0.05, 0) is 31.4 Å². The predicted octanol–water partition coefficient (Wildman–Crippen LogP) is 3.31. The molecule has 5 rings (SSSR count). The van der Waals surface area contributed by atoms with E-state index < -0.39 is 0 Å². The lowest BCUT2D eigenvalue weighted by atomic mass is 10.1. The molecule has 0 amide bonds. The highest BCUT2D eigenvalue weighted by Gasteiger charge is 2.22. The van der Waals surface area contributed by atoms with Crippen molar-refractivity contribution in [2.24, 2.45) is 7.05 Å². The maximum Gasteiger partial charge on any atom is 0.332 e. The van der Waals surface area contributed by atoms with Crippen LogP contribution in [0, 0.1) is 6.92 Å². The Bertz CT molecular complexity index is 1540. The standard InChI is InChI=1S/C25H25N5O2/c1-17-16-29-21-22(26-24(29)30(17)18(2)20-12-8-5-9-13-20)27(3)25(32)28(23(21)31)15-14-19-10-6-4-7-11-19/h4-13,16,18H,14-15H2,1-3H3. The first-order valence-electron chi connectivity index (χ1n) is 10.8. The topological polar surface area (TPSA) is 66.2 Å². The van der Waals surface area contributed by atoms with Gasteiger partial charge in [0, 0.05) is 25.5 Å². The number of rotatable bonds is 5. The molecule has 5 aromatic rings. The molecule has 7 nitrogen and oxygen atoms in total. The molecule has 0 saturated carbocycles. The van der Waals surface area contributed by atoms with E-state index in [0.29, 0.717) is 29.9 Å². The third kappa shape index (κ3) is 3.09. The van der Waals surface area contributed by atoms with Gasteiger partial charge in [0.1, 0.15) is 0 Å². The molecule has 1 atom stereocenters. The lowest BCUT2D eigenvalue weighted by molar-refractivity contribution is 0.602. The molecule has 0 aliphatic carbocycles. The highest BCUT2D eigenvalue weighted by molar-refractivity contribution is 5.75. The van der Waals surface area contributed by atoms with E-state index in [1.54, 1.807) is 7.05 Å². The first kappa shape index (κ1) is 20.1. The first-order valence-corrected chi connectivity index (χ1v) is 10.8. The fourth-order valence-corrected chi connectivity index (χ4v) is 4.47. The third-order valence-corrected chi connectivity index (χ3v) is 6.20. The molecule has 0 aliphatic rings. The average Bonchev–Trinajstić information content (AvgIpc) is 3.33. The number of hydrogen-bond donors (Lipinski definition) is 0. The summed E-state index contributed by atoms with van der Waals surface area (Å²) < 4.78 is 6.72. The molecular weight excluding hydrogens is 402 g/mol. The van der Waals surface area contributed by atoms with Crippen LogP contribution in [-0.4, -0.2) is 23.1 Å². The van der Waals surface area contributed by atoms with Crippen LogP contribution in [0.15, 0.2) is 76.4 Å². The van der Waals surface area contributed by atoms with Crippen molar-refractivity contribution in [2.45, 2.75) is 32.9 Å². The van der Waals surface area contributed by atoms with E-state index in [1.807, 2.05) is 66.1 Å². The maximum atomic E-state index is 13.4. The fraction of sp³-hybridized carbons (Fsp3) is 0.240. The van der Waals surface area contributed by atoms with Gasteiger partial charge in [0.25, 0.3) is 5.56 Å². The Morgan fingerprint density at radius 2 is 1.62 bits per heavy atom. The number of aromatic nitrogens is 5. The minimum absolute atomic E-state index is 0.0304. The van der Waals surface area contributed by atoms with Gasteiger partial charge in [0.15, 0.2) is 11.2 Å². The lowest BCUT2D eigenvalue weighted by Crippen LogP contribution is -2.39. The van der Waals surface area contributed by atoms with Crippen molar-refractivity contribution in [1.82, 2.24) is 23.1 Å². The van der Waals surface area contributed by atoms with Crippen LogP contribution in [0.2, 0.25) is 0 Å². The molecule has 0 N–H and O–H groups in total. The summed E-state index contributed by atoms with van der Waals surface area (Å²) in [6.07, 6.45) is 2.53. The van der Waals surface area contributed by atoms with Crippen LogP contribution in [0.4, 0.5) is 0 Å². The normalized spacial score (nSPS) is 12.6. The lowest BCUT2D eigenvalue weighted by Gasteiger charge is -2.16. The van der Waals surface area contributed by atoms with Crippen molar-refractivity contribution < 1.29 is 0 Å². The molecule has 0 spiro atoms. The summed E-state index contributed by atoms with van der Waals surface area (Å²) in [7, 11) is 1.67. The Kier molecular flexibility index (Phi) is 4.81. The molecule has 162 valence electrons. The van der Waals surface area contributed by atoms with Gasteiger partial charge >= 0.3 is 5.69 Å². The van der Waals surface area contributed by atoms with Crippen LogP contribution in [0.25, 0.3) is 16.9 Å². The summed E-state index contributed by atoms with van der Waals surface area (Å²) in [6, 6.07) is 20.1. The number of hydrogen-bond acceptors (Lipinski definition) is 3. The second-order valence-corrected chi connectivity index (χ2v) is 8.22. The Hall–Kier alpha value is -3.87. The molecular formula is C25H25N5O2. The highest BCUT2D eigenvalue weighted by atomic mass is 16.2. The average molecular weight is 428 g/mol. The zero-order valence-electron chi connectivity index (χ0n) is 18.4. The molecule has 7 heteroatoms. The van der Waals surface area contributed by atoms with Crippen LogP contribution >= 0.6 is 0 Å². The summed E-state index contributed by atoms with van der Waals surface area (Å²) >= 11 is 0. The van der Waals surface area contributed by atoms with Gasteiger partial charge in [-0.1, -0.05) is 60.7 Å². The number of benzene rings is 2. The molecule has 1 unspecified atom stereocenters. The molecule has 32 heavy (non-hydrogen) atoms. The Morgan fingerprint density at radius 1 is 0.969 bits per heavy atom. The zero-order valence-corrected chi connectivity index (χ0v) is 18.4. The number of aryl methyl sites for hydroxylation is 3. The van der Waals surface area contributed by atoms with Gasteiger partial charge in [0.2, 0.25) is 5.78 Å². The highest BCUT2D eigenvalue weighted by Crippen LogP contribution is 2.25. The molecule has 3 heterocycles. The van der Waals surface area contributed by atoms with Gasteiger partial charge in [-0.2, -0.15) is 4.98 Å². The second-order valence-electron chi connectivity index (χ2n) is 8.22. The third-order valence-electron chi connectivity index (χ3n) is 6.20. The van der Waals surface area contributed by atoms with E-state index in [2.05, 4.69) is 23.6 Å². The number of nitrogens with zero attached hydrogens (tertiary/aromatic N) is 5. The largest absolute Gasteiger partial charge is 0.332 e. The van der Waals surface area contributed by atoms with Crippen molar-refractivity contribution in [3.63, 3.8) is 0 Å². The molecule has 0 saturated heterocycles. The monoisotopic (exact) mass is 427 g/mol. The van der Waals surface area contributed by atoms with Gasteiger partial charge in [-0.3, -0.25) is 18.3 Å². The number of imidazole rings is 2. The van der Waals surface area contributed by atoms with Crippen molar-refractivity contribution in [3.05, 3.63) is 105 Å².